The minimum atomic E-state index is 0.390. The average Bonchev–Trinajstić information content (AvgIpc) is 2.85. The molecular formula is C12H17N3S. The number of anilines is 1. The summed E-state index contributed by atoms with van der Waals surface area (Å²) < 4.78 is 2.07. The van der Waals surface area contributed by atoms with Crippen molar-refractivity contribution < 1.29 is 0 Å². The Morgan fingerprint density at radius 3 is 2.81 bits per heavy atom. The zero-order valence-corrected chi connectivity index (χ0v) is 10.4. The SMILES string of the molecule is CC(C)C(Cc1cccs1)n1ccnc1N. The number of rotatable bonds is 4. The van der Waals surface area contributed by atoms with Crippen molar-refractivity contribution >= 4 is 17.3 Å². The Balaban J connectivity index is 2.21. The highest BCUT2D eigenvalue weighted by molar-refractivity contribution is 7.09. The zero-order valence-electron chi connectivity index (χ0n) is 9.63. The van der Waals surface area contributed by atoms with E-state index in [2.05, 4.69) is 40.9 Å². The maximum absolute atomic E-state index is 5.86. The third-order valence-corrected chi connectivity index (χ3v) is 3.71. The summed E-state index contributed by atoms with van der Waals surface area (Å²) in [5.41, 5.74) is 5.86. The van der Waals surface area contributed by atoms with E-state index in [0.29, 0.717) is 17.9 Å². The standard InChI is InChI=1S/C12H17N3S/c1-9(2)11(8-10-4-3-7-16-10)15-6-5-14-12(15)13/h3-7,9,11H,8H2,1-2H3,(H2,13,14). The zero-order chi connectivity index (χ0) is 11.5. The van der Waals surface area contributed by atoms with E-state index in [9.17, 15) is 0 Å². The third-order valence-electron chi connectivity index (χ3n) is 2.82. The molecule has 0 saturated heterocycles. The summed E-state index contributed by atoms with van der Waals surface area (Å²) in [7, 11) is 0. The Labute approximate surface area is 99.9 Å². The Morgan fingerprint density at radius 1 is 1.50 bits per heavy atom. The van der Waals surface area contributed by atoms with E-state index in [1.807, 2.05) is 6.20 Å². The molecule has 1 atom stereocenters. The van der Waals surface area contributed by atoms with Crippen LogP contribution in [0.3, 0.4) is 0 Å². The number of imidazole rings is 1. The van der Waals surface area contributed by atoms with Crippen LogP contribution in [-0.4, -0.2) is 9.55 Å². The molecule has 0 saturated carbocycles. The summed E-state index contributed by atoms with van der Waals surface area (Å²) in [5, 5.41) is 2.12. The van der Waals surface area contributed by atoms with Crippen molar-refractivity contribution in [1.82, 2.24) is 9.55 Å². The molecule has 0 aliphatic carbocycles. The van der Waals surface area contributed by atoms with Gasteiger partial charge in [0.1, 0.15) is 0 Å². The maximum Gasteiger partial charge on any atom is 0.200 e. The first kappa shape index (κ1) is 11.2. The fraction of sp³-hybridized carbons (Fsp3) is 0.417. The summed E-state index contributed by atoms with van der Waals surface area (Å²) >= 11 is 1.80. The van der Waals surface area contributed by atoms with Crippen LogP contribution in [0, 0.1) is 5.92 Å². The van der Waals surface area contributed by atoms with Gasteiger partial charge in [-0.05, 0) is 17.4 Å². The van der Waals surface area contributed by atoms with Gasteiger partial charge in [-0.1, -0.05) is 19.9 Å². The summed E-state index contributed by atoms with van der Waals surface area (Å²) in [6.07, 6.45) is 4.75. The van der Waals surface area contributed by atoms with E-state index >= 15 is 0 Å². The van der Waals surface area contributed by atoms with Gasteiger partial charge in [0.2, 0.25) is 0 Å². The third kappa shape index (κ3) is 2.27. The van der Waals surface area contributed by atoms with Crippen LogP contribution < -0.4 is 5.73 Å². The molecule has 4 heteroatoms. The van der Waals surface area contributed by atoms with Crippen molar-refractivity contribution in [2.24, 2.45) is 5.92 Å². The molecule has 0 aliphatic heterocycles. The van der Waals surface area contributed by atoms with Gasteiger partial charge in [-0.3, -0.25) is 0 Å². The van der Waals surface area contributed by atoms with Crippen molar-refractivity contribution in [2.75, 3.05) is 5.73 Å². The second kappa shape index (κ2) is 4.70. The Hall–Kier alpha value is -1.29. The summed E-state index contributed by atoms with van der Waals surface area (Å²) in [4.78, 5) is 5.49. The fourth-order valence-electron chi connectivity index (χ4n) is 1.90. The number of hydrogen-bond donors (Lipinski definition) is 1. The van der Waals surface area contributed by atoms with E-state index < -0.39 is 0 Å². The number of nitrogens with two attached hydrogens (primary N) is 1. The average molecular weight is 235 g/mol. The number of hydrogen-bond acceptors (Lipinski definition) is 3. The molecule has 16 heavy (non-hydrogen) atoms. The van der Waals surface area contributed by atoms with E-state index in [1.165, 1.54) is 4.88 Å². The lowest BCUT2D eigenvalue weighted by Crippen LogP contribution is -2.18. The van der Waals surface area contributed by atoms with Crippen LogP contribution in [0.15, 0.2) is 29.9 Å². The van der Waals surface area contributed by atoms with Crippen molar-refractivity contribution in [3.8, 4) is 0 Å². The van der Waals surface area contributed by atoms with E-state index in [-0.39, 0.29) is 0 Å². The largest absolute Gasteiger partial charge is 0.369 e. The molecule has 0 radical (unpaired) electrons. The molecule has 1 unspecified atom stereocenters. The summed E-state index contributed by atoms with van der Waals surface area (Å²) in [6, 6.07) is 4.66. The van der Waals surface area contributed by atoms with E-state index in [4.69, 9.17) is 5.73 Å². The van der Waals surface area contributed by atoms with Gasteiger partial charge in [-0.25, -0.2) is 4.98 Å². The van der Waals surface area contributed by atoms with Crippen LogP contribution in [0.25, 0.3) is 0 Å². The molecule has 3 nitrogen and oxygen atoms in total. The highest BCUT2D eigenvalue weighted by atomic mass is 32.1. The van der Waals surface area contributed by atoms with Gasteiger partial charge in [0.15, 0.2) is 5.95 Å². The van der Waals surface area contributed by atoms with Crippen LogP contribution >= 0.6 is 11.3 Å². The molecule has 2 aromatic heterocycles. The number of thiophene rings is 1. The number of nitrogen functional groups attached to an aromatic ring is 1. The highest BCUT2D eigenvalue weighted by Crippen LogP contribution is 2.26. The maximum atomic E-state index is 5.86. The second-order valence-corrected chi connectivity index (χ2v) is 5.32. The van der Waals surface area contributed by atoms with Gasteiger partial charge in [0.25, 0.3) is 0 Å². The van der Waals surface area contributed by atoms with E-state index in [0.717, 1.165) is 6.42 Å². The molecular weight excluding hydrogens is 218 g/mol. The predicted molar refractivity (Wildman–Crippen MR) is 68.5 cm³/mol. The first-order valence-corrected chi connectivity index (χ1v) is 6.37. The smallest absolute Gasteiger partial charge is 0.200 e. The van der Waals surface area contributed by atoms with Gasteiger partial charge in [-0.2, -0.15) is 0 Å². The molecule has 0 spiro atoms. The Morgan fingerprint density at radius 2 is 2.31 bits per heavy atom. The topological polar surface area (TPSA) is 43.8 Å². The van der Waals surface area contributed by atoms with Crippen molar-refractivity contribution in [1.29, 1.82) is 0 Å². The monoisotopic (exact) mass is 235 g/mol. The summed E-state index contributed by atoms with van der Waals surface area (Å²) in [6.45, 7) is 4.44. The molecule has 0 aromatic carbocycles. The normalized spacial score (nSPS) is 13.2. The van der Waals surface area contributed by atoms with Gasteiger partial charge in [0, 0.05) is 29.7 Å². The van der Waals surface area contributed by atoms with E-state index in [1.54, 1.807) is 17.5 Å². The molecule has 0 fully saturated rings. The predicted octanol–water partition coefficient (Wildman–Crippen LogP) is 2.97. The molecule has 2 N–H and O–H groups in total. The summed E-state index contributed by atoms with van der Waals surface area (Å²) in [5.74, 6) is 1.15. The van der Waals surface area contributed by atoms with Crippen molar-refractivity contribution in [2.45, 2.75) is 26.3 Å². The van der Waals surface area contributed by atoms with Gasteiger partial charge >= 0.3 is 0 Å². The lowest BCUT2D eigenvalue weighted by molar-refractivity contribution is 0.380. The van der Waals surface area contributed by atoms with Gasteiger partial charge < -0.3 is 10.3 Å². The molecule has 86 valence electrons. The first-order valence-electron chi connectivity index (χ1n) is 5.49. The quantitative estimate of drug-likeness (QED) is 0.885. The molecule has 0 bridgehead atoms. The van der Waals surface area contributed by atoms with Crippen LogP contribution in [0.4, 0.5) is 5.95 Å². The first-order chi connectivity index (χ1) is 7.68. The van der Waals surface area contributed by atoms with Gasteiger partial charge in [-0.15, -0.1) is 11.3 Å². The minimum Gasteiger partial charge on any atom is -0.369 e. The van der Waals surface area contributed by atoms with Crippen LogP contribution in [0.5, 0.6) is 0 Å². The van der Waals surface area contributed by atoms with Crippen LogP contribution in [-0.2, 0) is 6.42 Å². The van der Waals surface area contributed by atoms with Crippen molar-refractivity contribution in [3.63, 3.8) is 0 Å². The molecule has 0 amide bonds. The molecule has 2 heterocycles. The van der Waals surface area contributed by atoms with Gasteiger partial charge in [0.05, 0.1) is 0 Å². The highest BCUT2D eigenvalue weighted by Gasteiger charge is 2.18. The van der Waals surface area contributed by atoms with Crippen molar-refractivity contribution in [3.05, 3.63) is 34.8 Å². The Bertz CT molecular complexity index is 431. The Kier molecular flexibility index (Phi) is 3.29. The lowest BCUT2D eigenvalue weighted by atomic mass is 10.00. The van der Waals surface area contributed by atoms with Crippen LogP contribution in [0.2, 0.25) is 0 Å². The van der Waals surface area contributed by atoms with Crippen LogP contribution in [0.1, 0.15) is 24.8 Å². The number of nitrogens with zero attached hydrogens (tertiary/aromatic N) is 2. The lowest BCUT2D eigenvalue weighted by Gasteiger charge is -2.22. The molecule has 2 aromatic rings. The molecule has 2 rings (SSSR count). The second-order valence-electron chi connectivity index (χ2n) is 4.29. The fourth-order valence-corrected chi connectivity index (χ4v) is 2.65. The number of aromatic nitrogens is 2. The molecule has 0 aliphatic rings. The minimum absolute atomic E-state index is 0.390.